The Bertz CT molecular complexity index is 674. The van der Waals surface area contributed by atoms with Crippen LogP contribution < -0.4 is 4.90 Å². The second kappa shape index (κ2) is 6.99. The van der Waals surface area contributed by atoms with Crippen molar-refractivity contribution in [2.75, 3.05) is 29.5 Å². The van der Waals surface area contributed by atoms with Gasteiger partial charge in [-0.3, -0.25) is 9.69 Å². The summed E-state index contributed by atoms with van der Waals surface area (Å²) in [5.41, 5.74) is 0.697. The van der Waals surface area contributed by atoms with Crippen molar-refractivity contribution in [3.63, 3.8) is 0 Å². The molecule has 1 aliphatic rings. The van der Waals surface area contributed by atoms with Crippen LogP contribution in [0.2, 0.25) is 0 Å². The number of urea groups is 1. The lowest BCUT2D eigenvalue weighted by molar-refractivity contribution is -0.137. The Morgan fingerprint density at radius 1 is 1.30 bits per heavy atom. The molecule has 1 aromatic rings. The molecule has 1 saturated heterocycles. The second-order valence-electron chi connectivity index (χ2n) is 5.42. The van der Waals surface area contributed by atoms with Gasteiger partial charge in [0.25, 0.3) is 0 Å². The number of para-hydroxylation sites is 1. The smallest absolute Gasteiger partial charge is 0.324 e. The van der Waals surface area contributed by atoms with E-state index in [1.807, 2.05) is 13.0 Å². The molecule has 1 atom stereocenters. The number of carboxylic acids is 1. The summed E-state index contributed by atoms with van der Waals surface area (Å²) < 4.78 is 23.6. The van der Waals surface area contributed by atoms with Gasteiger partial charge in [-0.05, 0) is 19.1 Å². The van der Waals surface area contributed by atoms with Crippen molar-refractivity contribution in [1.29, 1.82) is 0 Å². The Kier molecular flexibility index (Phi) is 5.25. The Labute approximate surface area is 135 Å². The molecule has 1 aliphatic heterocycles. The maximum Gasteiger partial charge on any atom is 0.324 e. The van der Waals surface area contributed by atoms with Crippen LogP contribution in [-0.4, -0.2) is 61.1 Å². The highest BCUT2D eigenvalue weighted by atomic mass is 32.2. The van der Waals surface area contributed by atoms with Gasteiger partial charge in [0, 0.05) is 18.8 Å². The third-order valence-electron chi connectivity index (χ3n) is 3.80. The summed E-state index contributed by atoms with van der Waals surface area (Å²) in [4.78, 5) is 26.7. The van der Waals surface area contributed by atoms with Crippen LogP contribution in [0.4, 0.5) is 10.5 Å². The molecule has 2 rings (SSSR count). The molecule has 1 heterocycles. The zero-order valence-corrected chi connectivity index (χ0v) is 13.7. The molecule has 0 radical (unpaired) electrons. The number of hydrogen-bond donors (Lipinski definition) is 1. The molecule has 0 bridgehead atoms. The van der Waals surface area contributed by atoms with Crippen LogP contribution in [0.1, 0.15) is 13.3 Å². The lowest BCUT2D eigenvalue weighted by Crippen LogP contribution is -2.56. The van der Waals surface area contributed by atoms with Crippen molar-refractivity contribution in [3.05, 3.63) is 30.3 Å². The van der Waals surface area contributed by atoms with Crippen LogP contribution >= 0.6 is 0 Å². The van der Waals surface area contributed by atoms with E-state index in [2.05, 4.69) is 0 Å². The standard InChI is InChI=1S/C15H20N2O5S/c1-2-16(12-6-4-3-5-7-12)15(20)17-8-9-23(21,22)11-13(17)10-14(18)19/h3-7,13H,2,8-11H2,1H3,(H,18,19). The topological polar surface area (TPSA) is 95.0 Å². The molecule has 8 heteroatoms. The van der Waals surface area contributed by atoms with E-state index in [1.54, 1.807) is 24.3 Å². The zero-order chi connectivity index (χ0) is 17.0. The molecule has 1 N–H and O–H groups in total. The number of carbonyl (C=O) groups is 2. The van der Waals surface area contributed by atoms with Crippen molar-refractivity contribution in [1.82, 2.24) is 4.90 Å². The van der Waals surface area contributed by atoms with Crippen molar-refractivity contribution >= 4 is 27.5 Å². The van der Waals surface area contributed by atoms with Crippen molar-refractivity contribution in [2.45, 2.75) is 19.4 Å². The van der Waals surface area contributed by atoms with Gasteiger partial charge in [0.1, 0.15) is 0 Å². The van der Waals surface area contributed by atoms with Crippen molar-refractivity contribution < 1.29 is 23.1 Å². The van der Waals surface area contributed by atoms with E-state index in [9.17, 15) is 18.0 Å². The Morgan fingerprint density at radius 2 is 1.96 bits per heavy atom. The van der Waals surface area contributed by atoms with Crippen LogP contribution in [0, 0.1) is 0 Å². The Morgan fingerprint density at radius 3 is 2.52 bits per heavy atom. The lowest BCUT2D eigenvalue weighted by Gasteiger charge is -2.38. The van der Waals surface area contributed by atoms with E-state index in [1.165, 1.54) is 9.80 Å². The van der Waals surface area contributed by atoms with Gasteiger partial charge < -0.3 is 10.0 Å². The summed E-state index contributed by atoms with van der Waals surface area (Å²) in [7, 11) is -3.32. The number of anilines is 1. The summed E-state index contributed by atoms with van der Waals surface area (Å²) in [6.07, 6.45) is -0.378. The first-order chi connectivity index (χ1) is 10.8. The highest BCUT2D eigenvalue weighted by molar-refractivity contribution is 7.91. The molecular formula is C15H20N2O5S. The maximum absolute atomic E-state index is 12.8. The van der Waals surface area contributed by atoms with Crippen molar-refractivity contribution in [2.24, 2.45) is 0 Å². The van der Waals surface area contributed by atoms with Gasteiger partial charge in [0.15, 0.2) is 9.84 Å². The third kappa shape index (κ3) is 4.22. The predicted molar refractivity (Wildman–Crippen MR) is 86.3 cm³/mol. The first kappa shape index (κ1) is 17.3. The highest BCUT2D eigenvalue weighted by Crippen LogP contribution is 2.21. The van der Waals surface area contributed by atoms with Gasteiger partial charge in [-0.15, -0.1) is 0 Å². The Balaban J connectivity index is 2.25. The maximum atomic E-state index is 12.8. The molecule has 0 aromatic heterocycles. The molecule has 7 nitrogen and oxygen atoms in total. The molecule has 1 fully saturated rings. The van der Waals surface area contributed by atoms with Crippen LogP contribution in [-0.2, 0) is 14.6 Å². The van der Waals surface area contributed by atoms with E-state index < -0.39 is 21.8 Å². The second-order valence-corrected chi connectivity index (χ2v) is 7.65. The number of rotatable bonds is 4. The fourth-order valence-electron chi connectivity index (χ4n) is 2.70. The predicted octanol–water partition coefficient (Wildman–Crippen LogP) is 1.21. The van der Waals surface area contributed by atoms with Crippen molar-refractivity contribution in [3.8, 4) is 0 Å². The van der Waals surface area contributed by atoms with E-state index >= 15 is 0 Å². The summed E-state index contributed by atoms with van der Waals surface area (Å²) in [6.45, 7) is 2.24. The molecule has 126 valence electrons. The highest BCUT2D eigenvalue weighted by Gasteiger charge is 2.37. The molecule has 1 aromatic carbocycles. The van der Waals surface area contributed by atoms with Gasteiger partial charge in [-0.2, -0.15) is 0 Å². The Hall–Kier alpha value is -2.09. The van der Waals surface area contributed by atoms with Gasteiger partial charge in [-0.25, -0.2) is 13.2 Å². The lowest BCUT2D eigenvalue weighted by atomic mass is 10.2. The zero-order valence-electron chi connectivity index (χ0n) is 12.9. The first-order valence-electron chi connectivity index (χ1n) is 7.39. The van der Waals surface area contributed by atoms with E-state index in [-0.39, 0.29) is 30.5 Å². The number of sulfone groups is 1. The van der Waals surface area contributed by atoms with Crippen LogP contribution in [0.3, 0.4) is 0 Å². The minimum atomic E-state index is -3.32. The molecular weight excluding hydrogens is 320 g/mol. The minimum absolute atomic E-state index is 0.0163. The average molecular weight is 340 g/mol. The summed E-state index contributed by atoms with van der Waals surface area (Å²) in [6, 6.07) is 7.82. The summed E-state index contributed by atoms with van der Waals surface area (Å²) >= 11 is 0. The fraction of sp³-hybridized carbons (Fsp3) is 0.467. The third-order valence-corrected chi connectivity index (χ3v) is 5.50. The van der Waals surface area contributed by atoms with Crippen LogP contribution in [0.25, 0.3) is 0 Å². The van der Waals surface area contributed by atoms with E-state index in [0.717, 1.165) is 0 Å². The van der Waals surface area contributed by atoms with Gasteiger partial charge in [0.2, 0.25) is 0 Å². The molecule has 23 heavy (non-hydrogen) atoms. The molecule has 0 saturated carbocycles. The number of carboxylic acid groups (broad SMARTS) is 1. The largest absolute Gasteiger partial charge is 0.481 e. The molecule has 0 spiro atoms. The molecule has 1 unspecified atom stereocenters. The number of aliphatic carboxylic acids is 1. The number of carbonyl (C=O) groups excluding carboxylic acids is 1. The number of benzene rings is 1. The van der Waals surface area contributed by atoms with Gasteiger partial charge in [-0.1, -0.05) is 18.2 Å². The minimum Gasteiger partial charge on any atom is -0.481 e. The van der Waals surface area contributed by atoms with Gasteiger partial charge in [0.05, 0.1) is 24.0 Å². The monoisotopic (exact) mass is 340 g/mol. The fourth-order valence-corrected chi connectivity index (χ4v) is 4.23. The number of nitrogens with zero attached hydrogens (tertiary/aromatic N) is 2. The number of amides is 2. The van der Waals surface area contributed by atoms with E-state index in [4.69, 9.17) is 5.11 Å². The first-order valence-corrected chi connectivity index (χ1v) is 9.21. The normalized spacial score (nSPS) is 20.0. The molecule has 2 amide bonds. The van der Waals surface area contributed by atoms with Crippen LogP contribution in [0.15, 0.2) is 30.3 Å². The summed E-state index contributed by atoms with van der Waals surface area (Å²) in [5, 5.41) is 9.00. The summed E-state index contributed by atoms with van der Waals surface area (Å²) in [5.74, 6) is -1.56. The number of hydrogen-bond acceptors (Lipinski definition) is 4. The molecule has 0 aliphatic carbocycles. The SMILES string of the molecule is CCN(C(=O)N1CCS(=O)(=O)CC1CC(=O)O)c1ccccc1. The van der Waals surface area contributed by atoms with Gasteiger partial charge >= 0.3 is 12.0 Å². The average Bonchev–Trinajstić information content (AvgIpc) is 2.47. The van der Waals surface area contributed by atoms with Crippen LogP contribution in [0.5, 0.6) is 0 Å². The quantitative estimate of drug-likeness (QED) is 0.889. The van der Waals surface area contributed by atoms with E-state index in [0.29, 0.717) is 12.2 Å².